The zero-order chi connectivity index (χ0) is 9.19. The first kappa shape index (κ1) is 9.48. The molecular weight excluding hydrogens is 158 g/mol. The van der Waals surface area contributed by atoms with Gasteiger partial charge in [-0.05, 0) is 6.42 Å². The molecule has 1 heterocycles. The molecule has 1 rings (SSSR count). The van der Waals surface area contributed by atoms with E-state index < -0.39 is 5.97 Å². The van der Waals surface area contributed by atoms with Gasteiger partial charge in [-0.15, -0.1) is 0 Å². The standard InChI is InChI=1S/C8H15NO3/c1-2-8(4-12-5-8)6(9)3-7(10)11/h6H,2-5,9H2,1H3,(H,10,11). The van der Waals surface area contributed by atoms with Gasteiger partial charge in [0.05, 0.1) is 19.6 Å². The van der Waals surface area contributed by atoms with Crippen LogP contribution in [0.15, 0.2) is 0 Å². The molecule has 0 amide bonds. The van der Waals surface area contributed by atoms with Crippen molar-refractivity contribution in [1.82, 2.24) is 0 Å². The van der Waals surface area contributed by atoms with E-state index in [1.54, 1.807) is 0 Å². The summed E-state index contributed by atoms with van der Waals surface area (Å²) in [6.45, 7) is 3.24. The molecule has 0 bridgehead atoms. The molecule has 70 valence electrons. The average Bonchev–Trinajstić information content (AvgIpc) is 1.83. The van der Waals surface area contributed by atoms with E-state index in [0.717, 1.165) is 6.42 Å². The van der Waals surface area contributed by atoms with E-state index in [1.165, 1.54) is 0 Å². The van der Waals surface area contributed by atoms with E-state index in [-0.39, 0.29) is 17.9 Å². The van der Waals surface area contributed by atoms with Gasteiger partial charge in [-0.3, -0.25) is 4.79 Å². The average molecular weight is 173 g/mol. The topological polar surface area (TPSA) is 72.6 Å². The van der Waals surface area contributed by atoms with Gasteiger partial charge in [0, 0.05) is 11.5 Å². The third-order valence-corrected chi connectivity index (χ3v) is 2.66. The highest BCUT2D eigenvalue weighted by Crippen LogP contribution is 2.35. The third kappa shape index (κ3) is 1.59. The normalized spacial score (nSPS) is 22.8. The molecule has 0 saturated carbocycles. The van der Waals surface area contributed by atoms with Crippen LogP contribution in [-0.2, 0) is 9.53 Å². The summed E-state index contributed by atoms with van der Waals surface area (Å²) in [4.78, 5) is 10.4. The molecule has 0 aromatic rings. The Balaban J connectivity index is 2.48. The molecule has 1 aliphatic heterocycles. The molecule has 1 saturated heterocycles. The quantitative estimate of drug-likeness (QED) is 0.637. The lowest BCUT2D eigenvalue weighted by Gasteiger charge is -2.44. The number of ether oxygens (including phenoxy) is 1. The summed E-state index contributed by atoms with van der Waals surface area (Å²) in [7, 11) is 0. The predicted octanol–water partition coefficient (Wildman–Crippen LogP) is 0.215. The molecule has 1 atom stereocenters. The van der Waals surface area contributed by atoms with E-state index in [2.05, 4.69) is 0 Å². The van der Waals surface area contributed by atoms with Crippen LogP contribution in [0.1, 0.15) is 19.8 Å². The zero-order valence-corrected chi connectivity index (χ0v) is 7.25. The van der Waals surface area contributed by atoms with Gasteiger partial charge in [-0.1, -0.05) is 6.92 Å². The van der Waals surface area contributed by atoms with Gasteiger partial charge in [0.15, 0.2) is 0 Å². The van der Waals surface area contributed by atoms with E-state index >= 15 is 0 Å². The molecule has 4 heteroatoms. The fourth-order valence-corrected chi connectivity index (χ4v) is 1.45. The highest BCUT2D eigenvalue weighted by atomic mass is 16.5. The summed E-state index contributed by atoms with van der Waals surface area (Å²) in [5, 5.41) is 8.54. The number of nitrogens with two attached hydrogens (primary N) is 1. The van der Waals surface area contributed by atoms with Crippen molar-refractivity contribution in [3.63, 3.8) is 0 Å². The summed E-state index contributed by atoms with van der Waals surface area (Å²) in [5.41, 5.74) is 5.69. The summed E-state index contributed by atoms with van der Waals surface area (Å²) < 4.78 is 5.06. The van der Waals surface area contributed by atoms with Crippen LogP contribution in [0.3, 0.4) is 0 Å². The minimum atomic E-state index is -0.831. The molecule has 4 nitrogen and oxygen atoms in total. The minimum absolute atomic E-state index is 0.0389. The number of carbonyl (C=O) groups is 1. The number of rotatable bonds is 4. The molecule has 1 unspecified atom stereocenters. The molecule has 1 aliphatic rings. The summed E-state index contributed by atoms with van der Waals surface area (Å²) >= 11 is 0. The van der Waals surface area contributed by atoms with E-state index in [0.29, 0.717) is 13.2 Å². The molecule has 0 radical (unpaired) electrons. The lowest BCUT2D eigenvalue weighted by molar-refractivity contribution is -0.148. The number of aliphatic carboxylic acids is 1. The Kier molecular flexibility index (Phi) is 2.69. The smallest absolute Gasteiger partial charge is 0.304 e. The third-order valence-electron chi connectivity index (χ3n) is 2.66. The summed E-state index contributed by atoms with van der Waals surface area (Å²) in [6.07, 6.45) is 0.929. The Hall–Kier alpha value is -0.610. The first-order chi connectivity index (χ1) is 5.60. The van der Waals surface area contributed by atoms with Crippen LogP contribution in [0, 0.1) is 5.41 Å². The fraction of sp³-hybridized carbons (Fsp3) is 0.875. The molecule has 0 aliphatic carbocycles. The summed E-state index contributed by atoms with van der Waals surface area (Å²) in [6, 6.07) is -0.270. The second-order valence-corrected chi connectivity index (χ2v) is 3.41. The van der Waals surface area contributed by atoms with Crippen molar-refractivity contribution in [3.8, 4) is 0 Å². The number of carboxylic acids is 1. The highest BCUT2D eigenvalue weighted by molar-refractivity contribution is 5.67. The van der Waals surface area contributed by atoms with Crippen LogP contribution in [0.25, 0.3) is 0 Å². The fourth-order valence-electron chi connectivity index (χ4n) is 1.45. The van der Waals surface area contributed by atoms with Gasteiger partial charge in [0.1, 0.15) is 0 Å². The largest absolute Gasteiger partial charge is 0.481 e. The maximum atomic E-state index is 10.4. The van der Waals surface area contributed by atoms with Gasteiger partial charge in [0.2, 0.25) is 0 Å². The Labute approximate surface area is 71.7 Å². The first-order valence-electron chi connectivity index (χ1n) is 4.16. The predicted molar refractivity (Wildman–Crippen MR) is 43.8 cm³/mol. The maximum Gasteiger partial charge on any atom is 0.304 e. The van der Waals surface area contributed by atoms with Gasteiger partial charge in [-0.2, -0.15) is 0 Å². The van der Waals surface area contributed by atoms with Crippen LogP contribution in [0.5, 0.6) is 0 Å². The van der Waals surface area contributed by atoms with E-state index in [4.69, 9.17) is 15.6 Å². The first-order valence-corrected chi connectivity index (χ1v) is 4.16. The minimum Gasteiger partial charge on any atom is -0.481 e. The Morgan fingerprint density at radius 2 is 2.33 bits per heavy atom. The second-order valence-electron chi connectivity index (χ2n) is 3.41. The number of hydrogen-bond donors (Lipinski definition) is 2. The van der Waals surface area contributed by atoms with Crippen molar-refractivity contribution < 1.29 is 14.6 Å². The molecule has 0 spiro atoms. The van der Waals surface area contributed by atoms with Crippen LogP contribution in [0.2, 0.25) is 0 Å². The highest BCUT2D eigenvalue weighted by Gasteiger charge is 2.42. The van der Waals surface area contributed by atoms with Crippen LogP contribution < -0.4 is 5.73 Å². The molecular formula is C8H15NO3. The maximum absolute atomic E-state index is 10.4. The molecule has 12 heavy (non-hydrogen) atoms. The Bertz CT molecular complexity index is 172. The van der Waals surface area contributed by atoms with Crippen LogP contribution in [-0.4, -0.2) is 30.3 Å². The lowest BCUT2D eigenvalue weighted by Crippen LogP contribution is -2.55. The van der Waals surface area contributed by atoms with Crippen molar-refractivity contribution >= 4 is 5.97 Å². The Morgan fingerprint density at radius 3 is 2.58 bits per heavy atom. The van der Waals surface area contributed by atoms with Gasteiger partial charge < -0.3 is 15.6 Å². The van der Waals surface area contributed by atoms with Gasteiger partial charge in [-0.25, -0.2) is 0 Å². The van der Waals surface area contributed by atoms with E-state index in [1.807, 2.05) is 6.92 Å². The van der Waals surface area contributed by atoms with Crippen molar-refractivity contribution in [2.24, 2.45) is 11.1 Å². The lowest BCUT2D eigenvalue weighted by atomic mass is 9.75. The molecule has 0 aromatic carbocycles. The van der Waals surface area contributed by atoms with E-state index in [9.17, 15) is 4.79 Å². The monoisotopic (exact) mass is 173 g/mol. The van der Waals surface area contributed by atoms with Crippen LogP contribution >= 0.6 is 0 Å². The van der Waals surface area contributed by atoms with Gasteiger partial charge >= 0.3 is 5.97 Å². The van der Waals surface area contributed by atoms with Crippen molar-refractivity contribution in [2.75, 3.05) is 13.2 Å². The van der Waals surface area contributed by atoms with Crippen molar-refractivity contribution in [1.29, 1.82) is 0 Å². The SMILES string of the molecule is CCC1(C(N)CC(=O)O)COC1. The number of hydrogen-bond acceptors (Lipinski definition) is 3. The number of carboxylic acid groups (broad SMARTS) is 1. The van der Waals surface area contributed by atoms with Crippen molar-refractivity contribution in [2.45, 2.75) is 25.8 Å². The van der Waals surface area contributed by atoms with Crippen LogP contribution in [0.4, 0.5) is 0 Å². The molecule has 1 fully saturated rings. The second kappa shape index (κ2) is 3.41. The molecule has 3 N–H and O–H groups in total. The van der Waals surface area contributed by atoms with Gasteiger partial charge in [0.25, 0.3) is 0 Å². The summed E-state index contributed by atoms with van der Waals surface area (Å²) in [5.74, 6) is -0.831. The van der Waals surface area contributed by atoms with Crippen molar-refractivity contribution in [3.05, 3.63) is 0 Å². The zero-order valence-electron chi connectivity index (χ0n) is 7.25. The Morgan fingerprint density at radius 1 is 1.75 bits per heavy atom. The molecule has 0 aromatic heterocycles.